The minimum absolute atomic E-state index is 0.153. The lowest BCUT2D eigenvalue weighted by Crippen LogP contribution is -2.47. The van der Waals surface area contributed by atoms with Crippen molar-refractivity contribution in [1.82, 2.24) is 0 Å². The Hall–Kier alpha value is -1.24. The van der Waals surface area contributed by atoms with E-state index in [0.717, 1.165) is 6.42 Å². The Morgan fingerprint density at radius 1 is 1.03 bits per heavy atom. The van der Waals surface area contributed by atoms with E-state index in [2.05, 4.69) is 32.6 Å². The quantitative estimate of drug-likeness (QED) is 0.314. The summed E-state index contributed by atoms with van der Waals surface area (Å²) in [5.41, 5.74) is -1.16. The van der Waals surface area contributed by atoms with Gasteiger partial charge in [-0.05, 0) is 53.5 Å². The van der Waals surface area contributed by atoms with Gasteiger partial charge in [0.05, 0.1) is 23.4 Å². The molecule has 3 atom stereocenters. The van der Waals surface area contributed by atoms with Gasteiger partial charge in [-0.15, -0.1) is 6.58 Å². The fraction of sp³-hybridized carbons (Fsp3) is 0.692. The summed E-state index contributed by atoms with van der Waals surface area (Å²) in [6, 6.07) is 10.3. The second-order valence-electron chi connectivity index (χ2n) is 10.5. The summed E-state index contributed by atoms with van der Waals surface area (Å²) in [7, 11) is 0. The molecular formula is C26H44O5. The van der Waals surface area contributed by atoms with E-state index in [1.165, 1.54) is 5.56 Å². The van der Waals surface area contributed by atoms with Crippen LogP contribution in [0.1, 0.15) is 67.4 Å². The zero-order valence-corrected chi connectivity index (χ0v) is 20.8. The molecule has 1 aromatic rings. The Balaban J connectivity index is 2.64. The van der Waals surface area contributed by atoms with Gasteiger partial charge in [-0.3, -0.25) is 0 Å². The first-order chi connectivity index (χ1) is 14.1. The number of hydrogen-bond acceptors (Lipinski definition) is 5. The maximum Gasteiger partial charge on any atom is 0.269 e. The lowest BCUT2D eigenvalue weighted by Gasteiger charge is -2.43. The predicted octanol–water partition coefficient (Wildman–Crippen LogP) is 5.10. The van der Waals surface area contributed by atoms with Crippen molar-refractivity contribution in [3.8, 4) is 0 Å². The largest absolute Gasteiger partial charge is 0.390 e. The highest BCUT2D eigenvalue weighted by Crippen LogP contribution is 2.40. The smallest absolute Gasteiger partial charge is 0.269 e. The third-order valence-electron chi connectivity index (χ3n) is 6.50. The minimum Gasteiger partial charge on any atom is -0.390 e. The van der Waals surface area contributed by atoms with Crippen molar-refractivity contribution >= 4 is 0 Å². The first-order valence-corrected chi connectivity index (χ1v) is 11.1. The molecule has 5 nitrogen and oxygen atoms in total. The molecular weight excluding hydrogens is 392 g/mol. The molecule has 0 radical (unpaired) electrons. The van der Waals surface area contributed by atoms with E-state index in [4.69, 9.17) is 14.2 Å². The molecule has 1 aromatic carbocycles. The third kappa shape index (κ3) is 9.03. The van der Waals surface area contributed by atoms with Gasteiger partial charge in [0.25, 0.3) is 6.48 Å². The van der Waals surface area contributed by atoms with E-state index < -0.39 is 23.1 Å². The lowest BCUT2D eigenvalue weighted by molar-refractivity contribution is -0.322. The summed E-state index contributed by atoms with van der Waals surface area (Å²) in [6.45, 7) is 18.7. The van der Waals surface area contributed by atoms with Gasteiger partial charge in [0.15, 0.2) is 0 Å². The van der Waals surface area contributed by atoms with Crippen molar-refractivity contribution in [3.63, 3.8) is 0 Å². The normalized spacial score (nSPS) is 17.1. The molecule has 0 aliphatic heterocycles. The van der Waals surface area contributed by atoms with E-state index in [1.807, 2.05) is 52.0 Å². The van der Waals surface area contributed by atoms with E-state index in [1.54, 1.807) is 13.8 Å². The van der Waals surface area contributed by atoms with Gasteiger partial charge >= 0.3 is 0 Å². The fourth-order valence-corrected chi connectivity index (χ4v) is 3.18. The van der Waals surface area contributed by atoms with Gasteiger partial charge < -0.3 is 24.4 Å². The van der Waals surface area contributed by atoms with Crippen molar-refractivity contribution < 1.29 is 24.4 Å². The molecule has 0 fully saturated rings. The molecule has 2 N–H and O–H groups in total. The number of aliphatic hydroxyl groups excluding tert-OH is 1. The molecule has 0 saturated carbocycles. The van der Waals surface area contributed by atoms with Crippen LogP contribution in [0.25, 0.3) is 0 Å². The van der Waals surface area contributed by atoms with Crippen molar-refractivity contribution in [2.75, 3.05) is 13.2 Å². The summed E-state index contributed by atoms with van der Waals surface area (Å²) in [5.74, 6) is -0.153. The van der Waals surface area contributed by atoms with Gasteiger partial charge in [0, 0.05) is 24.4 Å². The standard InChI is InChI=1S/C26H44O5/c1-10-26(9,16-17-30-23(3,4)18-21-14-12-11-13-15-21)25(7,8)31-22(27)29-19-20(2)24(5,6)28/h10-15,20,22,27-28H,1,16-19H2,2-9H3. The molecule has 31 heavy (non-hydrogen) atoms. The van der Waals surface area contributed by atoms with Crippen LogP contribution < -0.4 is 0 Å². The zero-order chi connectivity index (χ0) is 23.9. The summed E-state index contributed by atoms with van der Waals surface area (Å²) in [4.78, 5) is 0. The maximum atomic E-state index is 10.3. The maximum absolute atomic E-state index is 10.3. The molecule has 0 aliphatic carbocycles. The SMILES string of the molecule is C=CC(C)(CCOC(C)(C)Cc1ccccc1)C(C)(C)OC(O)OCC(C)C(C)(C)O. The van der Waals surface area contributed by atoms with Crippen molar-refractivity contribution in [1.29, 1.82) is 0 Å². The molecule has 0 bridgehead atoms. The van der Waals surface area contributed by atoms with Gasteiger partial charge in [0.1, 0.15) is 0 Å². The molecule has 0 amide bonds. The topological polar surface area (TPSA) is 68.2 Å². The van der Waals surface area contributed by atoms with Crippen LogP contribution in [0, 0.1) is 11.3 Å². The Kier molecular flexibility index (Phi) is 9.92. The summed E-state index contributed by atoms with van der Waals surface area (Å²) in [6.07, 6.45) is 3.35. The monoisotopic (exact) mass is 436 g/mol. The van der Waals surface area contributed by atoms with Gasteiger partial charge in [-0.2, -0.15) is 0 Å². The average Bonchev–Trinajstić information content (AvgIpc) is 2.64. The summed E-state index contributed by atoms with van der Waals surface area (Å²) in [5, 5.41) is 20.3. The highest BCUT2D eigenvalue weighted by molar-refractivity contribution is 5.16. The van der Waals surface area contributed by atoms with Crippen molar-refractivity contribution in [2.24, 2.45) is 11.3 Å². The minimum atomic E-state index is -1.39. The second-order valence-corrected chi connectivity index (χ2v) is 10.5. The number of benzene rings is 1. The van der Waals surface area contributed by atoms with Crippen LogP contribution in [0.4, 0.5) is 0 Å². The van der Waals surface area contributed by atoms with Crippen LogP contribution >= 0.6 is 0 Å². The Labute approximate surface area is 189 Å². The number of ether oxygens (including phenoxy) is 3. The van der Waals surface area contributed by atoms with Crippen molar-refractivity contribution in [2.45, 2.75) is 91.5 Å². The predicted molar refractivity (Wildman–Crippen MR) is 126 cm³/mol. The van der Waals surface area contributed by atoms with Crippen LogP contribution in [0.2, 0.25) is 0 Å². The molecule has 0 spiro atoms. The summed E-state index contributed by atoms with van der Waals surface area (Å²) >= 11 is 0. The van der Waals surface area contributed by atoms with Gasteiger partial charge in [-0.25, -0.2) is 0 Å². The third-order valence-corrected chi connectivity index (χ3v) is 6.50. The highest BCUT2D eigenvalue weighted by atomic mass is 16.8. The first kappa shape index (κ1) is 27.8. The average molecular weight is 437 g/mol. The molecule has 3 unspecified atom stereocenters. The second kappa shape index (κ2) is 11.1. The molecule has 178 valence electrons. The van der Waals surface area contributed by atoms with E-state index in [-0.39, 0.29) is 18.1 Å². The van der Waals surface area contributed by atoms with Crippen LogP contribution in [-0.2, 0) is 20.6 Å². The van der Waals surface area contributed by atoms with Crippen LogP contribution in [0.3, 0.4) is 0 Å². The van der Waals surface area contributed by atoms with Crippen molar-refractivity contribution in [3.05, 3.63) is 48.6 Å². The zero-order valence-electron chi connectivity index (χ0n) is 20.8. The molecule has 0 aromatic heterocycles. The molecule has 0 saturated heterocycles. The Morgan fingerprint density at radius 3 is 2.13 bits per heavy atom. The molecule has 0 heterocycles. The molecule has 5 heteroatoms. The van der Waals surface area contributed by atoms with E-state index in [9.17, 15) is 10.2 Å². The molecule has 1 rings (SSSR count). The number of aliphatic hydroxyl groups is 2. The summed E-state index contributed by atoms with van der Waals surface area (Å²) < 4.78 is 17.5. The van der Waals surface area contributed by atoms with Crippen LogP contribution in [0.5, 0.6) is 0 Å². The van der Waals surface area contributed by atoms with Gasteiger partial charge in [-0.1, -0.05) is 50.3 Å². The van der Waals surface area contributed by atoms with Crippen LogP contribution in [-0.4, -0.2) is 46.7 Å². The van der Waals surface area contributed by atoms with Gasteiger partial charge in [0.2, 0.25) is 0 Å². The molecule has 0 aliphatic rings. The number of hydrogen-bond donors (Lipinski definition) is 2. The first-order valence-electron chi connectivity index (χ1n) is 11.1. The van der Waals surface area contributed by atoms with E-state index in [0.29, 0.717) is 13.0 Å². The van der Waals surface area contributed by atoms with E-state index >= 15 is 0 Å². The lowest BCUT2D eigenvalue weighted by atomic mass is 9.73. The Morgan fingerprint density at radius 2 is 1.61 bits per heavy atom. The van der Waals surface area contributed by atoms with Crippen LogP contribution in [0.15, 0.2) is 43.0 Å². The number of rotatable bonds is 14. The highest BCUT2D eigenvalue weighted by Gasteiger charge is 2.41. The fourth-order valence-electron chi connectivity index (χ4n) is 3.18. The Bertz CT molecular complexity index is 662.